The minimum Gasteiger partial charge on any atom is -0.497 e. The number of benzene rings is 3. The van der Waals surface area contributed by atoms with Crippen LogP contribution in [0.25, 0.3) is 4.91 Å². The molecule has 0 aromatic heterocycles. The Balaban J connectivity index is 1.93. The molecule has 0 saturated heterocycles. The molecule has 0 radical (unpaired) electrons. The molecule has 34 heavy (non-hydrogen) atoms. The molecule has 0 amide bonds. The fourth-order valence-electron chi connectivity index (χ4n) is 3.81. The number of fused-ring (bicyclic) bond motifs is 1. The summed E-state index contributed by atoms with van der Waals surface area (Å²) < 4.78 is 50.4. The zero-order chi connectivity index (χ0) is 24.2. The van der Waals surface area contributed by atoms with E-state index in [1.54, 1.807) is 33.1 Å². The smallest absolute Gasteiger partial charge is 0.393 e. The Bertz CT molecular complexity index is 1200. The molecule has 178 valence electrons. The molecule has 1 aliphatic rings. The van der Waals surface area contributed by atoms with Crippen molar-refractivity contribution in [1.82, 2.24) is 0 Å². The highest BCUT2D eigenvalue weighted by Crippen LogP contribution is 2.67. The standard InChI is InChI=1S/C26H26FO5PS/c1-4-30-33(28,31-5-2)34-25-18-26(19-10-14-21(27)15-11-19,20-12-16-22(29-3)17-13-20)32-24-9-7-6-8-23(24)25/h6-18H,4-5H2,1-3H3. The van der Waals surface area contributed by atoms with Gasteiger partial charge in [0.2, 0.25) is 0 Å². The quantitative estimate of drug-likeness (QED) is 0.285. The molecule has 4 rings (SSSR count). The van der Waals surface area contributed by atoms with Crippen molar-refractivity contribution in [3.63, 3.8) is 0 Å². The predicted molar refractivity (Wildman–Crippen MR) is 134 cm³/mol. The van der Waals surface area contributed by atoms with Gasteiger partial charge in [-0.3, -0.25) is 0 Å². The lowest BCUT2D eigenvalue weighted by atomic mass is 9.83. The SMILES string of the molecule is CCOP(=O)(OCC)SC1=CC(c2ccc(F)cc2)(c2ccc(OC)cc2)Oc2ccccc21. The van der Waals surface area contributed by atoms with Gasteiger partial charge in [0.15, 0.2) is 5.60 Å². The average Bonchev–Trinajstić information content (AvgIpc) is 2.84. The van der Waals surface area contributed by atoms with Gasteiger partial charge in [-0.2, -0.15) is 0 Å². The molecule has 0 spiro atoms. The van der Waals surface area contributed by atoms with Crippen LogP contribution >= 0.6 is 18.2 Å². The Morgan fingerprint density at radius 2 is 1.50 bits per heavy atom. The van der Waals surface area contributed by atoms with E-state index in [1.165, 1.54) is 12.1 Å². The Morgan fingerprint density at radius 3 is 2.09 bits per heavy atom. The molecular formula is C26H26FO5PS. The van der Waals surface area contributed by atoms with Crippen molar-refractivity contribution in [2.75, 3.05) is 20.3 Å². The first-order chi connectivity index (χ1) is 16.4. The maximum Gasteiger partial charge on any atom is 0.393 e. The Morgan fingerprint density at radius 1 is 0.912 bits per heavy atom. The van der Waals surface area contributed by atoms with Gasteiger partial charge in [0, 0.05) is 21.6 Å². The van der Waals surface area contributed by atoms with Crippen molar-refractivity contribution in [2.45, 2.75) is 19.4 Å². The Kier molecular flexibility index (Phi) is 7.48. The fourth-order valence-corrected chi connectivity index (χ4v) is 7.48. The summed E-state index contributed by atoms with van der Waals surface area (Å²) in [7, 11) is 1.60. The van der Waals surface area contributed by atoms with Gasteiger partial charge in [-0.15, -0.1) is 0 Å². The van der Waals surface area contributed by atoms with Crippen LogP contribution in [0.3, 0.4) is 0 Å². The molecule has 0 fully saturated rings. The van der Waals surface area contributed by atoms with E-state index in [4.69, 9.17) is 18.5 Å². The van der Waals surface area contributed by atoms with E-state index in [-0.39, 0.29) is 19.0 Å². The van der Waals surface area contributed by atoms with Gasteiger partial charge >= 0.3 is 6.80 Å². The maximum absolute atomic E-state index is 13.8. The largest absolute Gasteiger partial charge is 0.497 e. The van der Waals surface area contributed by atoms with Crippen LogP contribution in [0, 0.1) is 5.82 Å². The number of hydrogen-bond acceptors (Lipinski definition) is 6. The van der Waals surface area contributed by atoms with Crippen LogP contribution < -0.4 is 9.47 Å². The van der Waals surface area contributed by atoms with Crippen molar-refractivity contribution < 1.29 is 27.5 Å². The van der Waals surface area contributed by atoms with E-state index in [0.717, 1.165) is 22.5 Å². The van der Waals surface area contributed by atoms with E-state index >= 15 is 0 Å². The van der Waals surface area contributed by atoms with Gasteiger partial charge in [0.05, 0.1) is 20.3 Å². The summed E-state index contributed by atoms with van der Waals surface area (Å²) in [5.41, 5.74) is 1.18. The zero-order valence-corrected chi connectivity index (χ0v) is 20.9. The molecular weight excluding hydrogens is 474 g/mol. The molecule has 0 aliphatic carbocycles. The van der Waals surface area contributed by atoms with E-state index in [9.17, 15) is 8.96 Å². The highest BCUT2D eigenvalue weighted by Gasteiger charge is 2.41. The lowest BCUT2D eigenvalue weighted by Gasteiger charge is -2.38. The fraction of sp³-hybridized carbons (Fsp3) is 0.231. The average molecular weight is 501 g/mol. The number of ether oxygens (including phenoxy) is 2. The number of para-hydroxylation sites is 1. The zero-order valence-electron chi connectivity index (χ0n) is 19.2. The van der Waals surface area contributed by atoms with Gasteiger partial charge in [0.25, 0.3) is 0 Å². The number of rotatable bonds is 9. The summed E-state index contributed by atoms with van der Waals surface area (Å²) in [5, 5.41) is 0. The summed E-state index contributed by atoms with van der Waals surface area (Å²) in [4.78, 5) is 0.687. The van der Waals surface area contributed by atoms with Crippen LogP contribution in [0.1, 0.15) is 30.5 Å². The van der Waals surface area contributed by atoms with E-state index < -0.39 is 12.4 Å². The molecule has 0 saturated carbocycles. The topological polar surface area (TPSA) is 54.0 Å². The lowest BCUT2D eigenvalue weighted by Crippen LogP contribution is -2.35. The molecule has 1 atom stereocenters. The normalized spacial score (nSPS) is 17.5. The van der Waals surface area contributed by atoms with Crippen LogP contribution in [0.15, 0.2) is 78.9 Å². The monoisotopic (exact) mass is 500 g/mol. The highest BCUT2D eigenvalue weighted by atomic mass is 32.7. The Hall–Kier alpha value is -2.57. The van der Waals surface area contributed by atoms with Crippen LogP contribution in [0.4, 0.5) is 4.39 Å². The van der Waals surface area contributed by atoms with Crippen LogP contribution in [0.5, 0.6) is 11.5 Å². The molecule has 5 nitrogen and oxygen atoms in total. The third kappa shape index (κ3) is 4.93. The Labute approximate surface area is 203 Å². The van der Waals surface area contributed by atoms with Gasteiger partial charge in [-0.25, -0.2) is 8.96 Å². The summed E-state index contributed by atoms with van der Waals surface area (Å²) in [6.07, 6.45) is 1.90. The highest BCUT2D eigenvalue weighted by molar-refractivity contribution is 8.59. The van der Waals surface area contributed by atoms with E-state index in [1.807, 2.05) is 54.6 Å². The molecule has 3 aromatic carbocycles. The second-order valence-corrected chi connectivity index (χ2v) is 11.4. The number of halogens is 1. The van der Waals surface area contributed by atoms with Crippen LogP contribution in [0.2, 0.25) is 0 Å². The van der Waals surface area contributed by atoms with Gasteiger partial charge in [-0.05, 0) is 61.6 Å². The molecule has 3 aromatic rings. The summed E-state index contributed by atoms with van der Waals surface area (Å²) in [5.74, 6) is 0.956. The van der Waals surface area contributed by atoms with Gasteiger partial charge in [-0.1, -0.05) is 42.5 Å². The first-order valence-corrected chi connectivity index (χ1v) is 13.9. The van der Waals surface area contributed by atoms with E-state index in [2.05, 4.69) is 0 Å². The van der Waals surface area contributed by atoms with Crippen molar-refractivity contribution in [1.29, 1.82) is 0 Å². The number of methoxy groups -OCH3 is 1. The summed E-state index contributed by atoms with van der Waals surface area (Å²) in [6.45, 7) is 0.557. The number of hydrogen-bond donors (Lipinski definition) is 0. The molecule has 1 heterocycles. The predicted octanol–water partition coefficient (Wildman–Crippen LogP) is 7.43. The second kappa shape index (κ2) is 10.4. The molecule has 8 heteroatoms. The molecule has 0 N–H and O–H groups in total. The first kappa shape index (κ1) is 24.6. The molecule has 1 aliphatic heterocycles. The van der Waals surface area contributed by atoms with Crippen molar-refractivity contribution >= 4 is 23.1 Å². The van der Waals surface area contributed by atoms with E-state index in [0.29, 0.717) is 22.0 Å². The summed E-state index contributed by atoms with van der Waals surface area (Å²) >= 11 is 1.06. The van der Waals surface area contributed by atoms with Crippen LogP contribution in [-0.2, 0) is 19.2 Å². The third-order valence-corrected chi connectivity index (χ3v) is 9.13. The van der Waals surface area contributed by atoms with Crippen molar-refractivity contribution in [3.8, 4) is 11.5 Å². The molecule has 0 bridgehead atoms. The molecule has 1 unspecified atom stereocenters. The minimum atomic E-state index is -3.49. The summed E-state index contributed by atoms with van der Waals surface area (Å²) in [6, 6.07) is 21.2. The first-order valence-electron chi connectivity index (χ1n) is 10.9. The second-order valence-electron chi connectivity index (χ2n) is 7.45. The van der Waals surface area contributed by atoms with Crippen LogP contribution in [-0.4, -0.2) is 20.3 Å². The third-order valence-electron chi connectivity index (χ3n) is 5.33. The van der Waals surface area contributed by atoms with Crippen molar-refractivity contribution in [3.05, 3.63) is 101 Å². The van der Waals surface area contributed by atoms with Gasteiger partial charge in [0.1, 0.15) is 17.3 Å². The van der Waals surface area contributed by atoms with Crippen molar-refractivity contribution in [2.24, 2.45) is 0 Å². The maximum atomic E-state index is 13.8. The minimum absolute atomic E-state index is 0.247. The lowest BCUT2D eigenvalue weighted by molar-refractivity contribution is 0.160. The van der Waals surface area contributed by atoms with Gasteiger partial charge < -0.3 is 18.5 Å².